The SMILES string of the molecule is C[C@H]1O[C@@H](O[C@H]2CC[C@@]3(C)[C@@H](CC[C@]4(C)[C@@H]3C=CC35OC[C@@]6(CC[C@@](C)(CO)C[C@@H]36)[C@@H](O)C[C@]54C)[C@]2(C)CO)[C@H](O[C@@H]2O[C@H](CO)[C@H](O)[C@H](O)[C@H]2O)[C@@H](O[C@@H]2O[C@H](CO)[C@H](O)[C@H](O)[C@H]2O)[C@H]1O. The summed E-state index contributed by atoms with van der Waals surface area (Å²) in [6.07, 6.45) is -15.5. The minimum absolute atomic E-state index is 0.0117. The Morgan fingerprint density at radius 2 is 1.21 bits per heavy atom. The molecule has 19 nitrogen and oxygen atoms in total. The van der Waals surface area contributed by atoms with Gasteiger partial charge in [-0.25, -0.2) is 0 Å². The zero-order valence-electron chi connectivity index (χ0n) is 39.6. The van der Waals surface area contributed by atoms with Gasteiger partial charge in [0, 0.05) is 28.8 Å². The maximum atomic E-state index is 12.3. The first-order chi connectivity index (χ1) is 31.5. The summed E-state index contributed by atoms with van der Waals surface area (Å²) in [5, 5.41) is 131. The van der Waals surface area contributed by atoms with Gasteiger partial charge in [0.25, 0.3) is 0 Å². The Bertz CT molecular complexity index is 1820. The lowest BCUT2D eigenvalue weighted by atomic mass is 9.32. The molecular formula is C48H78O19. The summed E-state index contributed by atoms with van der Waals surface area (Å²) >= 11 is 0. The van der Waals surface area contributed by atoms with E-state index in [1.165, 1.54) is 0 Å². The smallest absolute Gasteiger partial charge is 0.187 e. The second-order valence-electron chi connectivity index (χ2n) is 23.6. The topological polar surface area (TPSA) is 307 Å². The van der Waals surface area contributed by atoms with Gasteiger partial charge in [-0.1, -0.05) is 46.8 Å². The molecule has 4 aliphatic heterocycles. The Hall–Kier alpha value is -1.02. The van der Waals surface area contributed by atoms with E-state index in [1.54, 1.807) is 6.92 Å². The summed E-state index contributed by atoms with van der Waals surface area (Å²) in [7, 11) is 0. The standard InChI is InChI=1S/C48H78O19/c1-22-30(54)37(66-39-35(59)33(57)31(55)23(17-49)63-39)38(67-40-36(60)34(58)32(56)24(18-50)64-40)41(62-22)65-29-9-10-43(3)25(44(29,4)20-52)7-11-45(5)26(43)8-12-48-27-15-42(2,19-51)13-14-47(27,21-61-48)28(53)16-46(45,48)6/h8,12,22-41,49-60H,7,9-11,13-21H2,1-6H3/t22-,23-,24-,25-,26-,27-,28+,29+,30+,31+,32+,33+,34+,35-,36-,37+,38-,39+,40+,41+,42-,43+,44+,45-,46+,47-,48?/m1/s1. The van der Waals surface area contributed by atoms with E-state index in [-0.39, 0.29) is 52.6 Å². The Morgan fingerprint density at radius 3 is 1.79 bits per heavy atom. The van der Waals surface area contributed by atoms with E-state index in [9.17, 15) is 61.3 Å². The van der Waals surface area contributed by atoms with Crippen molar-refractivity contribution in [2.45, 2.75) is 203 Å². The van der Waals surface area contributed by atoms with Crippen LogP contribution in [0.15, 0.2) is 12.2 Å². The predicted molar refractivity (Wildman–Crippen MR) is 231 cm³/mol. The number of aliphatic hydroxyl groups excluding tert-OH is 12. The molecule has 1 unspecified atom stereocenters. The van der Waals surface area contributed by atoms with Gasteiger partial charge in [-0.05, 0) is 86.4 Å². The highest BCUT2D eigenvalue weighted by atomic mass is 16.8. The molecule has 5 aliphatic carbocycles. The molecule has 0 aromatic heterocycles. The molecule has 67 heavy (non-hydrogen) atoms. The van der Waals surface area contributed by atoms with E-state index in [0.29, 0.717) is 32.3 Å². The van der Waals surface area contributed by atoms with Gasteiger partial charge in [-0.15, -0.1) is 0 Å². The molecule has 19 heteroatoms. The molecule has 0 radical (unpaired) electrons. The van der Waals surface area contributed by atoms with E-state index >= 15 is 0 Å². The number of hydrogen-bond acceptors (Lipinski definition) is 19. The fraction of sp³-hybridized carbons (Fsp3) is 0.958. The maximum Gasteiger partial charge on any atom is 0.187 e. The van der Waals surface area contributed by atoms with Crippen LogP contribution in [0.1, 0.15) is 92.9 Å². The molecule has 0 aromatic carbocycles. The molecule has 0 aromatic rings. The fourth-order valence-electron chi connectivity index (χ4n) is 15.8. The van der Waals surface area contributed by atoms with Crippen molar-refractivity contribution in [1.82, 2.24) is 0 Å². The molecule has 12 N–H and O–H groups in total. The number of allylic oxidation sites excluding steroid dienone is 1. The fourth-order valence-corrected chi connectivity index (χ4v) is 15.8. The Labute approximate surface area is 391 Å². The highest BCUT2D eigenvalue weighted by molar-refractivity contribution is 5.36. The molecule has 8 fully saturated rings. The molecule has 9 aliphatic rings. The van der Waals surface area contributed by atoms with Crippen molar-refractivity contribution in [3.05, 3.63) is 12.2 Å². The van der Waals surface area contributed by atoms with Crippen LogP contribution in [0.2, 0.25) is 0 Å². The lowest BCUT2D eigenvalue weighted by molar-refractivity contribution is -0.398. The summed E-state index contributed by atoms with van der Waals surface area (Å²) in [5.41, 5.74) is -3.36. The molecule has 4 saturated carbocycles. The lowest BCUT2D eigenvalue weighted by Gasteiger charge is -2.73. The summed E-state index contributed by atoms with van der Waals surface area (Å²) in [5.74, 6) is -0.0714. The largest absolute Gasteiger partial charge is 0.396 e. The van der Waals surface area contributed by atoms with Crippen molar-refractivity contribution < 1.29 is 94.4 Å². The Morgan fingerprint density at radius 1 is 0.597 bits per heavy atom. The van der Waals surface area contributed by atoms with Gasteiger partial charge in [0.1, 0.15) is 67.1 Å². The highest BCUT2D eigenvalue weighted by Crippen LogP contribution is 2.79. The van der Waals surface area contributed by atoms with Gasteiger partial charge < -0.3 is 94.4 Å². The van der Waals surface area contributed by atoms with Crippen LogP contribution in [0.5, 0.6) is 0 Å². The van der Waals surface area contributed by atoms with Gasteiger partial charge in [0.15, 0.2) is 18.9 Å². The van der Waals surface area contributed by atoms with E-state index in [2.05, 4.69) is 39.8 Å². The molecule has 1 spiro atoms. The maximum absolute atomic E-state index is 12.3. The summed E-state index contributed by atoms with van der Waals surface area (Å²) in [6.45, 7) is 11.4. The quantitative estimate of drug-likeness (QED) is 0.0883. The molecular weight excluding hydrogens is 881 g/mol. The number of hydrogen-bond donors (Lipinski definition) is 12. The van der Waals surface area contributed by atoms with Crippen molar-refractivity contribution in [2.75, 3.05) is 33.0 Å². The van der Waals surface area contributed by atoms with Crippen molar-refractivity contribution in [2.24, 2.45) is 50.2 Å². The first kappa shape index (κ1) is 50.9. The Kier molecular flexibility index (Phi) is 13.4. The zero-order valence-corrected chi connectivity index (χ0v) is 39.6. The van der Waals surface area contributed by atoms with Gasteiger partial charge in [-0.3, -0.25) is 0 Å². The minimum Gasteiger partial charge on any atom is -0.396 e. The average Bonchev–Trinajstić information content (AvgIpc) is 3.58. The van der Waals surface area contributed by atoms with Crippen LogP contribution < -0.4 is 0 Å². The van der Waals surface area contributed by atoms with Crippen LogP contribution in [0.4, 0.5) is 0 Å². The van der Waals surface area contributed by atoms with Gasteiger partial charge in [0.05, 0.1) is 50.3 Å². The van der Waals surface area contributed by atoms with Crippen molar-refractivity contribution in [3.8, 4) is 0 Å². The van der Waals surface area contributed by atoms with E-state index < -0.39 is 134 Å². The normalized spacial score (nSPS) is 59.5. The minimum atomic E-state index is -1.89. The summed E-state index contributed by atoms with van der Waals surface area (Å²) in [6, 6.07) is 0. The van der Waals surface area contributed by atoms with Gasteiger partial charge >= 0.3 is 0 Å². The number of rotatable bonds is 10. The molecule has 384 valence electrons. The van der Waals surface area contributed by atoms with Crippen LogP contribution >= 0.6 is 0 Å². The van der Waals surface area contributed by atoms with Crippen LogP contribution in [-0.2, 0) is 33.2 Å². The predicted octanol–water partition coefficient (Wildman–Crippen LogP) is -1.43. The van der Waals surface area contributed by atoms with Crippen LogP contribution in [0.25, 0.3) is 0 Å². The first-order valence-electron chi connectivity index (χ1n) is 24.6. The monoisotopic (exact) mass is 959 g/mol. The summed E-state index contributed by atoms with van der Waals surface area (Å²) < 4.78 is 44.3. The summed E-state index contributed by atoms with van der Waals surface area (Å²) in [4.78, 5) is 0. The third kappa shape index (κ3) is 7.22. The second kappa shape index (κ2) is 17.6. The molecule has 4 saturated heterocycles. The third-order valence-corrected chi connectivity index (χ3v) is 20.3. The molecule has 9 rings (SSSR count). The molecule has 2 bridgehead atoms. The highest BCUT2D eigenvalue weighted by Gasteiger charge is 2.79. The number of aliphatic hydroxyl groups is 12. The van der Waals surface area contributed by atoms with Crippen LogP contribution in [-0.4, -0.2) is 204 Å². The van der Waals surface area contributed by atoms with E-state index in [4.69, 9.17) is 33.2 Å². The van der Waals surface area contributed by atoms with Crippen molar-refractivity contribution in [3.63, 3.8) is 0 Å². The molecule has 0 amide bonds. The van der Waals surface area contributed by atoms with Gasteiger partial charge in [-0.2, -0.15) is 0 Å². The molecule has 4 heterocycles. The first-order valence-corrected chi connectivity index (χ1v) is 24.6. The van der Waals surface area contributed by atoms with Crippen molar-refractivity contribution >= 4 is 0 Å². The average molecular weight is 959 g/mol. The number of fused-ring (bicyclic) bond motifs is 4. The third-order valence-electron chi connectivity index (χ3n) is 20.3. The van der Waals surface area contributed by atoms with Crippen molar-refractivity contribution in [1.29, 1.82) is 0 Å². The van der Waals surface area contributed by atoms with E-state index in [0.717, 1.165) is 25.7 Å². The second-order valence-corrected chi connectivity index (χ2v) is 23.6. The van der Waals surface area contributed by atoms with Crippen LogP contribution in [0, 0.1) is 50.2 Å². The van der Waals surface area contributed by atoms with Crippen LogP contribution in [0.3, 0.4) is 0 Å². The number of ether oxygens (including phenoxy) is 7. The van der Waals surface area contributed by atoms with Gasteiger partial charge in [0.2, 0.25) is 0 Å². The van der Waals surface area contributed by atoms with E-state index in [1.807, 2.05) is 6.92 Å². The lowest BCUT2D eigenvalue weighted by Crippen LogP contribution is -2.73. The Balaban J connectivity index is 1.03. The zero-order chi connectivity index (χ0) is 48.6. The molecule has 27 atom stereocenters.